The molecule has 0 spiro atoms. The molecule has 0 aliphatic heterocycles. The molecular weight excluding hydrogens is 211 g/mol. The molecular formula is C16H17F. The summed E-state index contributed by atoms with van der Waals surface area (Å²) in [5.74, 6) is 0.619. The molecule has 0 nitrogen and oxygen atoms in total. The van der Waals surface area contributed by atoms with Crippen LogP contribution in [0.2, 0.25) is 0 Å². The number of rotatable bonds is 0. The molecule has 0 atom stereocenters. The third-order valence-corrected chi connectivity index (χ3v) is 4.08. The van der Waals surface area contributed by atoms with Crippen molar-refractivity contribution in [1.82, 2.24) is 0 Å². The third-order valence-electron chi connectivity index (χ3n) is 4.08. The van der Waals surface area contributed by atoms with Crippen LogP contribution >= 0.6 is 0 Å². The molecule has 2 aliphatic rings. The minimum Gasteiger partial charge on any atom is -0.207 e. The normalized spacial score (nSPS) is 27.6. The summed E-state index contributed by atoms with van der Waals surface area (Å²) in [6.07, 6.45) is 3.82. The molecule has 0 amide bonds. The first-order valence-corrected chi connectivity index (χ1v) is 6.26. The maximum Gasteiger partial charge on any atom is 0.126 e. The van der Waals surface area contributed by atoms with E-state index in [1.165, 1.54) is 16.7 Å². The fraction of sp³-hybridized carbons (Fsp3) is 0.375. The third kappa shape index (κ3) is 1.74. The molecule has 0 radical (unpaired) electrons. The Morgan fingerprint density at radius 3 is 2.18 bits per heavy atom. The van der Waals surface area contributed by atoms with Gasteiger partial charge in [0.15, 0.2) is 0 Å². The Bertz CT molecular complexity index is 478. The summed E-state index contributed by atoms with van der Waals surface area (Å²) < 4.78 is 14.1. The Labute approximate surface area is 102 Å². The molecule has 0 saturated carbocycles. The predicted octanol–water partition coefficient (Wildman–Crippen LogP) is 4.69. The number of benzene rings is 1. The van der Waals surface area contributed by atoms with Crippen molar-refractivity contribution in [1.29, 1.82) is 0 Å². The second-order valence-electron chi connectivity index (χ2n) is 5.45. The van der Waals surface area contributed by atoms with E-state index in [4.69, 9.17) is 0 Å². The lowest BCUT2D eigenvalue weighted by Gasteiger charge is -2.19. The number of halogens is 1. The van der Waals surface area contributed by atoms with Gasteiger partial charge in [0.2, 0.25) is 0 Å². The highest BCUT2D eigenvalue weighted by molar-refractivity contribution is 5.41. The highest BCUT2D eigenvalue weighted by Crippen LogP contribution is 2.48. The van der Waals surface area contributed by atoms with Gasteiger partial charge < -0.3 is 0 Å². The quantitative estimate of drug-likeness (QED) is 0.565. The van der Waals surface area contributed by atoms with Crippen LogP contribution in [0.15, 0.2) is 42.5 Å². The van der Waals surface area contributed by atoms with E-state index in [-0.39, 0.29) is 11.7 Å². The van der Waals surface area contributed by atoms with Crippen molar-refractivity contribution in [2.24, 2.45) is 0 Å². The van der Waals surface area contributed by atoms with E-state index >= 15 is 0 Å². The van der Waals surface area contributed by atoms with Crippen molar-refractivity contribution in [3.8, 4) is 0 Å². The predicted molar refractivity (Wildman–Crippen MR) is 68.6 cm³/mol. The summed E-state index contributed by atoms with van der Waals surface area (Å²) in [5.41, 5.74) is 4.67. The van der Waals surface area contributed by atoms with Crippen molar-refractivity contribution in [2.75, 3.05) is 0 Å². The van der Waals surface area contributed by atoms with Crippen LogP contribution in [0.3, 0.4) is 0 Å². The van der Waals surface area contributed by atoms with Gasteiger partial charge in [-0.25, -0.2) is 4.39 Å². The number of allylic oxidation sites excluding steroid dienone is 2. The molecule has 2 aliphatic carbocycles. The summed E-state index contributed by atoms with van der Waals surface area (Å²) in [6, 6.07) is 5.51. The molecule has 88 valence electrons. The van der Waals surface area contributed by atoms with Crippen molar-refractivity contribution in [3.05, 3.63) is 59.4 Å². The number of hydrogen-bond acceptors (Lipinski definition) is 0. The topological polar surface area (TPSA) is 0 Å². The summed E-state index contributed by atoms with van der Waals surface area (Å²) in [5, 5.41) is 0. The lowest BCUT2D eigenvalue weighted by Crippen LogP contribution is -2.03. The second-order valence-corrected chi connectivity index (χ2v) is 5.45. The zero-order chi connectivity index (χ0) is 12.0. The van der Waals surface area contributed by atoms with Gasteiger partial charge in [0.1, 0.15) is 5.82 Å². The Kier molecular flexibility index (Phi) is 2.43. The standard InChI is InChI=1S/C16H17F/c1-10-6-12-7-11(2)9-13(8-10)16-14(12)4-3-5-15(16)17/h3-5,12-13H,1-2,6-9H2. The van der Waals surface area contributed by atoms with Crippen molar-refractivity contribution in [3.63, 3.8) is 0 Å². The van der Waals surface area contributed by atoms with Gasteiger partial charge in [0.25, 0.3) is 0 Å². The molecule has 17 heavy (non-hydrogen) atoms. The highest BCUT2D eigenvalue weighted by Gasteiger charge is 2.32. The van der Waals surface area contributed by atoms with Gasteiger partial charge in [-0.05, 0) is 54.7 Å². The smallest absolute Gasteiger partial charge is 0.126 e. The van der Waals surface area contributed by atoms with E-state index < -0.39 is 0 Å². The molecule has 1 heteroatoms. The van der Waals surface area contributed by atoms with Crippen LogP contribution < -0.4 is 0 Å². The van der Waals surface area contributed by atoms with E-state index in [0.717, 1.165) is 31.2 Å². The van der Waals surface area contributed by atoms with Gasteiger partial charge in [0, 0.05) is 0 Å². The largest absolute Gasteiger partial charge is 0.207 e. The van der Waals surface area contributed by atoms with Crippen molar-refractivity contribution < 1.29 is 4.39 Å². The summed E-state index contributed by atoms with van der Waals surface area (Å²) in [7, 11) is 0. The Morgan fingerprint density at radius 1 is 0.941 bits per heavy atom. The molecule has 0 saturated heterocycles. The summed E-state index contributed by atoms with van der Waals surface area (Å²) in [6.45, 7) is 8.28. The van der Waals surface area contributed by atoms with Gasteiger partial charge >= 0.3 is 0 Å². The van der Waals surface area contributed by atoms with Gasteiger partial charge in [0.05, 0.1) is 0 Å². The van der Waals surface area contributed by atoms with Crippen LogP contribution in [0.25, 0.3) is 0 Å². The first-order chi connectivity index (χ1) is 8.15. The maximum atomic E-state index is 14.1. The Morgan fingerprint density at radius 2 is 1.53 bits per heavy atom. The van der Waals surface area contributed by atoms with E-state index in [2.05, 4.69) is 19.2 Å². The van der Waals surface area contributed by atoms with Crippen molar-refractivity contribution in [2.45, 2.75) is 37.5 Å². The first-order valence-electron chi connectivity index (χ1n) is 6.26. The van der Waals surface area contributed by atoms with Crippen LogP contribution in [0.1, 0.15) is 48.6 Å². The molecule has 1 aromatic rings. The molecule has 1 aromatic carbocycles. The van der Waals surface area contributed by atoms with Crippen molar-refractivity contribution >= 4 is 0 Å². The first kappa shape index (κ1) is 10.8. The van der Waals surface area contributed by atoms with Gasteiger partial charge in [-0.2, -0.15) is 0 Å². The fourth-order valence-electron chi connectivity index (χ4n) is 3.47. The maximum absolute atomic E-state index is 14.1. The minimum absolute atomic E-state index is 0.0399. The second kappa shape index (κ2) is 3.83. The lowest BCUT2D eigenvalue weighted by molar-refractivity contribution is 0.564. The monoisotopic (exact) mass is 228 g/mol. The van der Waals surface area contributed by atoms with E-state index in [1.807, 2.05) is 6.07 Å². The van der Waals surface area contributed by atoms with Gasteiger partial charge in [-0.15, -0.1) is 0 Å². The van der Waals surface area contributed by atoms with Gasteiger partial charge in [-0.1, -0.05) is 36.4 Å². The molecule has 0 N–H and O–H groups in total. The molecule has 0 heterocycles. The SMILES string of the molecule is C=C1CC2CC(=C)CC(C1)c1c(F)cccc12. The number of hydrogen-bond donors (Lipinski definition) is 0. The summed E-state index contributed by atoms with van der Waals surface area (Å²) in [4.78, 5) is 0. The summed E-state index contributed by atoms with van der Waals surface area (Å²) >= 11 is 0. The Balaban J connectivity index is 2.21. The zero-order valence-electron chi connectivity index (χ0n) is 10.0. The molecule has 0 aromatic heterocycles. The average Bonchev–Trinajstić information content (AvgIpc) is 2.44. The molecule has 0 unspecified atom stereocenters. The molecule has 0 fully saturated rings. The highest BCUT2D eigenvalue weighted by atomic mass is 19.1. The minimum atomic E-state index is -0.0399. The van der Waals surface area contributed by atoms with Crippen LogP contribution in [0.4, 0.5) is 4.39 Å². The zero-order valence-corrected chi connectivity index (χ0v) is 10.0. The van der Waals surface area contributed by atoms with Gasteiger partial charge in [-0.3, -0.25) is 0 Å². The van der Waals surface area contributed by atoms with Crippen LogP contribution in [-0.2, 0) is 0 Å². The van der Waals surface area contributed by atoms with E-state index in [0.29, 0.717) is 5.92 Å². The molecule has 3 rings (SSSR count). The fourth-order valence-corrected chi connectivity index (χ4v) is 3.47. The van der Waals surface area contributed by atoms with E-state index in [9.17, 15) is 4.39 Å². The average molecular weight is 228 g/mol. The van der Waals surface area contributed by atoms with E-state index in [1.54, 1.807) is 6.07 Å². The molecule has 2 bridgehead atoms. The van der Waals surface area contributed by atoms with Crippen LogP contribution in [0, 0.1) is 5.82 Å². The van der Waals surface area contributed by atoms with Crippen LogP contribution in [-0.4, -0.2) is 0 Å². The van der Waals surface area contributed by atoms with Crippen LogP contribution in [0.5, 0.6) is 0 Å². The Hall–Kier alpha value is -1.37. The lowest BCUT2D eigenvalue weighted by atomic mass is 9.85.